The average Bonchev–Trinajstić information content (AvgIpc) is 3.20. The van der Waals surface area contributed by atoms with E-state index in [0.29, 0.717) is 36.0 Å². The third-order valence-electron chi connectivity index (χ3n) is 8.96. The fourth-order valence-corrected chi connectivity index (χ4v) is 8.02. The van der Waals surface area contributed by atoms with E-state index in [1.165, 1.54) is 11.9 Å². The normalized spacial score (nSPS) is 33.7. The molecule has 11 heteroatoms. The van der Waals surface area contributed by atoms with Gasteiger partial charge < -0.3 is 10.2 Å². The van der Waals surface area contributed by atoms with E-state index in [1.54, 1.807) is 25.1 Å². The second-order valence-electron chi connectivity index (χ2n) is 11.0. The molecule has 3 fully saturated rings. The zero-order valence-corrected chi connectivity index (χ0v) is 23.2. The van der Waals surface area contributed by atoms with E-state index in [2.05, 4.69) is 0 Å². The number of rotatable bonds is 7. The number of halogens is 2. The van der Waals surface area contributed by atoms with E-state index in [-0.39, 0.29) is 43.4 Å². The minimum absolute atomic E-state index is 0.0227. The molecule has 6 atom stereocenters. The highest BCUT2D eigenvalue weighted by Crippen LogP contribution is 2.66. The number of aryl methyl sites for hydroxylation is 1. The fourth-order valence-electron chi connectivity index (χ4n) is 7.01. The summed E-state index contributed by atoms with van der Waals surface area (Å²) in [6, 6.07) is 5.07. The highest BCUT2D eigenvalue weighted by Gasteiger charge is 2.76. The van der Waals surface area contributed by atoms with Crippen LogP contribution in [0.4, 0.5) is 0 Å². The predicted molar refractivity (Wildman–Crippen MR) is 141 cm³/mol. The van der Waals surface area contributed by atoms with Crippen LogP contribution in [0.5, 0.6) is 5.75 Å². The van der Waals surface area contributed by atoms with Gasteiger partial charge >= 0.3 is 5.97 Å². The number of carboxylic acids is 1. The number of benzene rings is 1. The molecule has 9 nitrogen and oxygen atoms in total. The van der Waals surface area contributed by atoms with Gasteiger partial charge in [-0.3, -0.25) is 33.8 Å². The Morgan fingerprint density at radius 3 is 2.46 bits per heavy atom. The van der Waals surface area contributed by atoms with Crippen LogP contribution in [0, 0.1) is 24.7 Å². The second kappa shape index (κ2) is 9.63. The number of hydrogen-bond donors (Lipinski definition) is 2. The van der Waals surface area contributed by atoms with E-state index >= 15 is 0 Å². The molecule has 0 spiro atoms. The van der Waals surface area contributed by atoms with Gasteiger partial charge in [-0.2, -0.15) is 0 Å². The van der Waals surface area contributed by atoms with Gasteiger partial charge in [-0.15, -0.1) is 23.2 Å². The van der Waals surface area contributed by atoms with E-state index in [0.717, 1.165) is 4.90 Å². The molecular weight excluding hydrogens is 547 g/mol. The number of carbonyl (C=O) groups is 5. The Bertz CT molecular complexity index is 1330. The van der Waals surface area contributed by atoms with Crippen LogP contribution in [0.25, 0.3) is 0 Å². The average molecular weight is 577 g/mol. The number of carboxylic acid groups (broad SMARTS) is 1. The van der Waals surface area contributed by atoms with Gasteiger partial charge in [0, 0.05) is 31.5 Å². The Balaban J connectivity index is 1.54. The first-order valence-electron chi connectivity index (χ1n) is 13.1. The summed E-state index contributed by atoms with van der Waals surface area (Å²) in [4.78, 5) is 63.2. The number of hydrogen-bond acceptors (Lipinski definition) is 6. The molecule has 0 bridgehead atoms. The van der Waals surface area contributed by atoms with Crippen molar-refractivity contribution in [2.45, 2.75) is 61.1 Å². The topological polar surface area (TPSA) is 132 Å². The molecule has 2 N–H and O–H groups in total. The maximum Gasteiger partial charge on any atom is 0.303 e. The summed E-state index contributed by atoms with van der Waals surface area (Å²) in [7, 11) is 1.32. The lowest BCUT2D eigenvalue weighted by Crippen LogP contribution is -2.60. The van der Waals surface area contributed by atoms with Crippen LogP contribution in [-0.4, -0.2) is 73.0 Å². The summed E-state index contributed by atoms with van der Waals surface area (Å²) in [6.07, 6.45) is 3.49. The van der Waals surface area contributed by atoms with Gasteiger partial charge in [-0.1, -0.05) is 36.3 Å². The van der Waals surface area contributed by atoms with Gasteiger partial charge in [0.25, 0.3) is 11.8 Å². The number of nitrogens with zero attached hydrogens (tertiary/aromatic N) is 2. The van der Waals surface area contributed by atoms with Crippen LogP contribution in [0.15, 0.2) is 29.8 Å². The number of imide groups is 2. The van der Waals surface area contributed by atoms with Crippen molar-refractivity contribution >= 4 is 52.8 Å². The smallest absolute Gasteiger partial charge is 0.303 e. The number of phenols is 1. The molecule has 5 rings (SSSR count). The lowest BCUT2D eigenvalue weighted by atomic mass is 9.56. The lowest BCUT2D eigenvalue weighted by Gasteiger charge is -2.50. The molecular formula is C28H30Cl2N2O7. The van der Waals surface area contributed by atoms with Crippen molar-refractivity contribution in [3.63, 3.8) is 0 Å². The maximum absolute atomic E-state index is 13.7. The Morgan fingerprint density at radius 1 is 1.05 bits per heavy atom. The van der Waals surface area contributed by atoms with Crippen LogP contribution in [0.3, 0.4) is 0 Å². The molecule has 0 aromatic heterocycles. The monoisotopic (exact) mass is 576 g/mol. The number of alkyl halides is 2. The molecule has 4 aliphatic rings. The van der Waals surface area contributed by atoms with Crippen molar-refractivity contribution in [3.05, 3.63) is 41.0 Å². The summed E-state index contributed by atoms with van der Waals surface area (Å²) in [6.45, 7) is 1.89. The number of amides is 4. The van der Waals surface area contributed by atoms with Crippen LogP contribution in [-0.2, 0) is 24.0 Å². The Labute approximate surface area is 235 Å². The number of carbonyl (C=O) groups excluding carboxylic acids is 4. The molecule has 208 valence electrons. The summed E-state index contributed by atoms with van der Waals surface area (Å²) < 4.78 is 0. The first-order chi connectivity index (χ1) is 18.4. The van der Waals surface area contributed by atoms with Gasteiger partial charge in [0.15, 0.2) is 9.75 Å². The largest absolute Gasteiger partial charge is 0.507 e. The molecule has 2 saturated heterocycles. The van der Waals surface area contributed by atoms with Crippen molar-refractivity contribution in [2.75, 3.05) is 13.6 Å². The zero-order valence-electron chi connectivity index (χ0n) is 21.7. The van der Waals surface area contributed by atoms with Gasteiger partial charge in [-0.05, 0) is 44.1 Å². The lowest BCUT2D eigenvalue weighted by molar-refractivity contribution is -0.141. The van der Waals surface area contributed by atoms with Crippen LogP contribution < -0.4 is 0 Å². The number of fused-ring (bicyclic) bond motifs is 4. The Kier molecular flexibility index (Phi) is 6.82. The van der Waals surface area contributed by atoms with E-state index in [9.17, 15) is 29.1 Å². The van der Waals surface area contributed by atoms with Crippen molar-refractivity contribution in [3.8, 4) is 5.75 Å². The minimum atomic E-state index is -1.93. The van der Waals surface area contributed by atoms with Gasteiger partial charge in [0.1, 0.15) is 5.75 Å². The molecule has 0 radical (unpaired) electrons. The molecule has 1 saturated carbocycles. The van der Waals surface area contributed by atoms with E-state index in [4.69, 9.17) is 28.3 Å². The first kappa shape index (κ1) is 27.6. The van der Waals surface area contributed by atoms with Gasteiger partial charge in [-0.25, -0.2) is 0 Å². The molecule has 39 heavy (non-hydrogen) atoms. The summed E-state index contributed by atoms with van der Waals surface area (Å²) in [5.74, 6) is -6.03. The first-order valence-corrected chi connectivity index (χ1v) is 13.9. The third-order valence-corrected chi connectivity index (χ3v) is 10.4. The van der Waals surface area contributed by atoms with Crippen molar-refractivity contribution in [1.29, 1.82) is 0 Å². The molecule has 1 aromatic carbocycles. The van der Waals surface area contributed by atoms with Crippen molar-refractivity contribution < 1.29 is 34.2 Å². The maximum atomic E-state index is 13.7. The fraction of sp³-hybridized carbons (Fsp3) is 0.536. The van der Waals surface area contributed by atoms with Crippen LogP contribution in [0.2, 0.25) is 0 Å². The standard InChI is InChI=1S/C28H30Cl2N2O7/c1-14-7-6-8-17(22(14)35)21-15-10-11-16-20(24(37)32(23(16)36)12-5-3-4-9-19(33)34)18(15)13-27(29)25(38)31(2)26(39)28(21,27)30/h6-8,10,16,18,20-21,35H,3-5,9,11-13H2,1-2H3,(H,33,34). The highest BCUT2D eigenvalue weighted by atomic mass is 35.5. The van der Waals surface area contributed by atoms with E-state index in [1.807, 2.05) is 6.08 Å². The molecule has 1 aromatic rings. The van der Waals surface area contributed by atoms with Crippen LogP contribution in [0.1, 0.15) is 55.6 Å². The summed E-state index contributed by atoms with van der Waals surface area (Å²) in [5.41, 5.74) is 1.52. The number of unbranched alkanes of at least 4 members (excludes halogenated alkanes) is 2. The Morgan fingerprint density at radius 2 is 1.77 bits per heavy atom. The minimum Gasteiger partial charge on any atom is -0.507 e. The van der Waals surface area contributed by atoms with Crippen molar-refractivity contribution in [2.24, 2.45) is 17.8 Å². The number of phenolic OH excluding ortho intramolecular Hbond substituents is 1. The van der Waals surface area contributed by atoms with Gasteiger partial charge in [0.05, 0.1) is 11.8 Å². The van der Waals surface area contributed by atoms with Gasteiger partial charge in [0.2, 0.25) is 11.8 Å². The number of allylic oxidation sites excluding steroid dienone is 2. The second-order valence-corrected chi connectivity index (χ2v) is 12.3. The number of aliphatic carboxylic acids is 1. The third kappa shape index (κ3) is 3.84. The molecule has 4 amide bonds. The summed E-state index contributed by atoms with van der Waals surface area (Å²) >= 11 is 14.2. The highest BCUT2D eigenvalue weighted by molar-refractivity contribution is 6.53. The Hall–Kier alpha value is -2.91. The van der Waals surface area contributed by atoms with Crippen LogP contribution >= 0.6 is 23.2 Å². The predicted octanol–water partition coefficient (Wildman–Crippen LogP) is 3.33. The zero-order chi connectivity index (χ0) is 28.4. The number of aromatic hydroxyl groups is 1. The molecule has 2 aliphatic heterocycles. The number of likely N-dealkylation sites (tertiary alicyclic amines) is 2. The molecule has 6 unspecified atom stereocenters. The molecule has 2 aliphatic carbocycles. The molecule has 2 heterocycles. The quantitative estimate of drug-likeness (QED) is 0.220. The summed E-state index contributed by atoms with van der Waals surface area (Å²) in [5, 5.41) is 19.9. The van der Waals surface area contributed by atoms with E-state index < -0.39 is 51.2 Å². The van der Waals surface area contributed by atoms with Crippen molar-refractivity contribution in [1.82, 2.24) is 9.80 Å². The SMILES string of the molecule is Cc1cccc(C2C3=CCC4C(=O)N(CCCCCC(=O)O)C(=O)C4C3CC3(Cl)C(=O)N(C)C(=O)C23Cl)c1O. The number of para-hydroxylation sites is 1.